The van der Waals surface area contributed by atoms with E-state index in [1.165, 1.54) is 18.3 Å². The fourth-order valence-electron chi connectivity index (χ4n) is 2.45. The average molecular weight is 418 g/mol. The number of hydrogen-bond donors (Lipinski definition) is 3. The van der Waals surface area contributed by atoms with Crippen LogP contribution >= 0.6 is 11.3 Å². The number of carbonyl (C=O) groups is 2. The van der Waals surface area contributed by atoms with Crippen LogP contribution in [0, 0.1) is 10.1 Å². The van der Waals surface area contributed by atoms with Gasteiger partial charge in [0.05, 0.1) is 21.7 Å². The molecule has 29 heavy (non-hydrogen) atoms. The van der Waals surface area contributed by atoms with Crippen molar-refractivity contribution >= 4 is 40.1 Å². The summed E-state index contributed by atoms with van der Waals surface area (Å²) in [6.45, 7) is 0. The lowest BCUT2D eigenvalue weighted by Crippen LogP contribution is -2.16. The first-order valence-electron chi connectivity index (χ1n) is 9.09. The van der Waals surface area contributed by atoms with Gasteiger partial charge in [0.15, 0.2) is 0 Å². The van der Waals surface area contributed by atoms with Crippen molar-refractivity contribution in [2.45, 2.75) is 38.5 Å². The molecule has 0 saturated heterocycles. The van der Waals surface area contributed by atoms with E-state index in [-0.39, 0.29) is 22.6 Å². The Morgan fingerprint density at radius 2 is 1.76 bits per heavy atom. The number of para-hydroxylation sites is 2. The Morgan fingerprint density at radius 1 is 1.07 bits per heavy atom. The first kappa shape index (κ1) is 22.0. The Labute approximate surface area is 171 Å². The first-order valence-corrected chi connectivity index (χ1v) is 9.91. The predicted molar refractivity (Wildman–Crippen MR) is 111 cm³/mol. The van der Waals surface area contributed by atoms with Crippen LogP contribution in [0.2, 0.25) is 0 Å². The molecule has 2 amide bonds. The Morgan fingerprint density at radius 3 is 2.41 bits per heavy atom. The highest BCUT2D eigenvalue weighted by atomic mass is 32.1. The van der Waals surface area contributed by atoms with Crippen LogP contribution in [-0.4, -0.2) is 28.1 Å². The third-order valence-corrected chi connectivity index (χ3v) is 4.88. The fraction of sp³-hybridized carbons (Fsp3) is 0.316. The molecule has 3 N–H and O–H groups in total. The van der Waals surface area contributed by atoms with Gasteiger partial charge in [0.1, 0.15) is 5.75 Å². The van der Waals surface area contributed by atoms with Crippen molar-refractivity contribution in [1.29, 1.82) is 0 Å². The minimum Gasteiger partial charge on any atom is -0.506 e. The van der Waals surface area contributed by atoms with E-state index in [1.54, 1.807) is 24.3 Å². The number of benzene rings is 1. The SMILES string of the molecule is O=C(CCCCCCC(=O)Nc1ccccc1O)NN=Cc1ccc([N+](=O)[O-])s1. The highest BCUT2D eigenvalue weighted by Crippen LogP contribution is 2.22. The Balaban J connectivity index is 1.54. The number of thiophene rings is 1. The summed E-state index contributed by atoms with van der Waals surface area (Å²) in [5, 5.41) is 26.7. The predicted octanol–water partition coefficient (Wildman–Crippen LogP) is 3.79. The van der Waals surface area contributed by atoms with Crippen LogP contribution in [0.3, 0.4) is 0 Å². The minimum atomic E-state index is -0.476. The Kier molecular flexibility index (Phi) is 8.77. The van der Waals surface area contributed by atoms with E-state index in [0.29, 0.717) is 36.2 Å². The number of amides is 2. The lowest BCUT2D eigenvalue weighted by Gasteiger charge is -2.06. The van der Waals surface area contributed by atoms with E-state index < -0.39 is 4.92 Å². The molecule has 0 fully saturated rings. The van der Waals surface area contributed by atoms with E-state index in [9.17, 15) is 24.8 Å². The van der Waals surface area contributed by atoms with E-state index in [4.69, 9.17) is 0 Å². The Bertz CT molecular complexity index is 881. The summed E-state index contributed by atoms with van der Waals surface area (Å²) in [7, 11) is 0. The molecular weight excluding hydrogens is 396 g/mol. The molecule has 2 rings (SSSR count). The van der Waals surface area contributed by atoms with Gasteiger partial charge in [-0.15, -0.1) is 0 Å². The van der Waals surface area contributed by atoms with E-state index in [0.717, 1.165) is 24.2 Å². The van der Waals surface area contributed by atoms with Gasteiger partial charge in [0, 0.05) is 18.9 Å². The number of aromatic hydroxyl groups is 1. The zero-order valence-electron chi connectivity index (χ0n) is 15.7. The van der Waals surface area contributed by atoms with Crippen molar-refractivity contribution in [2.75, 3.05) is 5.32 Å². The average Bonchev–Trinajstić information content (AvgIpc) is 3.16. The van der Waals surface area contributed by atoms with Crippen LogP contribution in [0.5, 0.6) is 5.75 Å². The van der Waals surface area contributed by atoms with Gasteiger partial charge >= 0.3 is 5.00 Å². The maximum atomic E-state index is 11.8. The van der Waals surface area contributed by atoms with Crippen molar-refractivity contribution in [3.8, 4) is 5.75 Å². The maximum absolute atomic E-state index is 11.8. The van der Waals surface area contributed by atoms with E-state index >= 15 is 0 Å². The Hall–Kier alpha value is -3.27. The number of phenolic OH excluding ortho intramolecular Hbond substituents is 1. The summed E-state index contributed by atoms with van der Waals surface area (Å²) >= 11 is 0.977. The summed E-state index contributed by atoms with van der Waals surface area (Å²) < 4.78 is 0. The van der Waals surface area contributed by atoms with Crippen LogP contribution in [0.4, 0.5) is 10.7 Å². The monoisotopic (exact) mass is 418 g/mol. The molecule has 1 aromatic carbocycles. The summed E-state index contributed by atoms with van der Waals surface area (Å²) in [6.07, 6.45) is 5.01. The summed E-state index contributed by atoms with van der Waals surface area (Å²) in [6, 6.07) is 9.50. The van der Waals surface area contributed by atoms with Crippen LogP contribution in [0.25, 0.3) is 0 Å². The largest absolute Gasteiger partial charge is 0.506 e. The number of unbranched alkanes of at least 4 members (excludes halogenated alkanes) is 3. The summed E-state index contributed by atoms with van der Waals surface area (Å²) in [5.41, 5.74) is 2.79. The van der Waals surface area contributed by atoms with Crippen molar-refractivity contribution in [3.63, 3.8) is 0 Å². The van der Waals surface area contributed by atoms with E-state index in [1.807, 2.05) is 0 Å². The number of carbonyl (C=O) groups excluding carboxylic acids is 2. The molecule has 0 unspecified atom stereocenters. The molecule has 1 aromatic heterocycles. The van der Waals surface area contributed by atoms with Gasteiger partial charge in [-0.1, -0.05) is 36.3 Å². The second kappa shape index (κ2) is 11.5. The molecule has 0 radical (unpaired) electrons. The normalized spacial score (nSPS) is 10.8. The van der Waals surface area contributed by atoms with Gasteiger partial charge in [-0.3, -0.25) is 19.7 Å². The third kappa shape index (κ3) is 8.09. The highest BCUT2D eigenvalue weighted by molar-refractivity contribution is 7.16. The fourth-order valence-corrected chi connectivity index (χ4v) is 3.14. The molecule has 0 saturated carbocycles. The molecular formula is C19H22N4O5S. The van der Waals surface area contributed by atoms with Crippen LogP contribution in [0.15, 0.2) is 41.5 Å². The number of nitro groups is 1. The van der Waals surface area contributed by atoms with E-state index in [2.05, 4.69) is 15.8 Å². The molecule has 9 nitrogen and oxygen atoms in total. The number of nitrogens with zero attached hydrogens (tertiary/aromatic N) is 2. The van der Waals surface area contributed by atoms with Gasteiger partial charge < -0.3 is 10.4 Å². The number of anilines is 1. The molecule has 0 aliphatic heterocycles. The van der Waals surface area contributed by atoms with Crippen molar-refractivity contribution in [2.24, 2.45) is 5.10 Å². The number of rotatable bonds is 11. The minimum absolute atomic E-state index is 0.0204. The molecule has 2 aromatic rings. The van der Waals surface area contributed by atoms with Gasteiger partial charge in [-0.25, -0.2) is 5.43 Å². The molecule has 0 spiro atoms. The maximum Gasteiger partial charge on any atom is 0.324 e. The molecule has 0 aliphatic carbocycles. The number of phenols is 1. The molecule has 0 atom stereocenters. The smallest absolute Gasteiger partial charge is 0.324 e. The number of hydrogen-bond acceptors (Lipinski definition) is 7. The lowest BCUT2D eigenvalue weighted by atomic mass is 10.1. The quantitative estimate of drug-likeness (QED) is 0.168. The van der Waals surface area contributed by atoms with Crippen molar-refractivity contribution in [3.05, 3.63) is 51.4 Å². The topological polar surface area (TPSA) is 134 Å². The molecule has 0 bridgehead atoms. The number of hydrazone groups is 1. The van der Waals surface area contributed by atoms with Crippen LogP contribution < -0.4 is 10.7 Å². The van der Waals surface area contributed by atoms with Gasteiger partial charge in [0.25, 0.3) is 0 Å². The van der Waals surface area contributed by atoms with Gasteiger partial charge in [-0.2, -0.15) is 5.10 Å². The van der Waals surface area contributed by atoms with Crippen LogP contribution in [-0.2, 0) is 9.59 Å². The van der Waals surface area contributed by atoms with Crippen LogP contribution in [0.1, 0.15) is 43.4 Å². The second-order valence-electron chi connectivity index (χ2n) is 6.21. The lowest BCUT2D eigenvalue weighted by molar-refractivity contribution is -0.380. The molecule has 10 heteroatoms. The highest BCUT2D eigenvalue weighted by Gasteiger charge is 2.08. The molecule has 0 aliphatic rings. The third-order valence-electron chi connectivity index (χ3n) is 3.91. The molecule has 1 heterocycles. The molecule has 154 valence electrons. The van der Waals surface area contributed by atoms with Gasteiger partial charge in [0.2, 0.25) is 11.8 Å². The zero-order chi connectivity index (χ0) is 21.1. The standard InChI is InChI=1S/C19H22N4O5S/c24-16-8-6-5-7-15(16)21-17(25)9-3-1-2-4-10-18(26)22-20-13-14-11-12-19(29-14)23(27)28/h5-8,11-13,24H,1-4,9-10H2,(H,21,25)(H,22,26). The first-order chi connectivity index (χ1) is 14.0. The summed E-state index contributed by atoms with van der Waals surface area (Å²) in [5.74, 6) is -0.358. The van der Waals surface area contributed by atoms with Gasteiger partial charge in [-0.05, 0) is 31.0 Å². The number of nitrogens with one attached hydrogen (secondary N) is 2. The van der Waals surface area contributed by atoms with Crippen molar-refractivity contribution in [1.82, 2.24) is 5.43 Å². The zero-order valence-corrected chi connectivity index (χ0v) is 16.5. The second-order valence-corrected chi connectivity index (χ2v) is 7.30. The summed E-state index contributed by atoms with van der Waals surface area (Å²) in [4.78, 5) is 34.2. The van der Waals surface area contributed by atoms with Crippen molar-refractivity contribution < 1.29 is 19.6 Å².